The van der Waals surface area contributed by atoms with Crippen molar-refractivity contribution >= 4 is 28.3 Å². The molecule has 3 rings (SSSR count). The van der Waals surface area contributed by atoms with Gasteiger partial charge in [0.1, 0.15) is 12.1 Å². The molecule has 0 atom stereocenters. The summed E-state index contributed by atoms with van der Waals surface area (Å²) in [6.45, 7) is 2.79. The third-order valence-corrected chi connectivity index (χ3v) is 4.15. The van der Waals surface area contributed by atoms with Gasteiger partial charge in [-0.3, -0.25) is 4.79 Å². The number of hydrogen-bond acceptors (Lipinski definition) is 4. The van der Waals surface area contributed by atoms with Crippen LogP contribution >= 0.6 is 11.3 Å². The molecule has 0 aliphatic heterocycles. The second-order valence-electron chi connectivity index (χ2n) is 4.54. The summed E-state index contributed by atoms with van der Waals surface area (Å²) < 4.78 is 1.62. The maximum Gasteiger partial charge on any atom is 0.242 e. The van der Waals surface area contributed by atoms with E-state index in [0.29, 0.717) is 6.54 Å². The number of amides is 1. The molecule has 102 valence electrons. The topological polar surface area (TPSA) is 59.8 Å². The number of fused-ring (bicyclic) bond motifs is 1. The number of aryl methyl sites for hydroxylation is 1. The van der Waals surface area contributed by atoms with Gasteiger partial charge < -0.3 is 5.32 Å². The largest absolute Gasteiger partial charge is 0.350 e. The molecule has 0 saturated heterocycles. The van der Waals surface area contributed by atoms with Gasteiger partial charge in [0.25, 0.3) is 0 Å². The minimum atomic E-state index is -0.0616. The average Bonchev–Trinajstić information content (AvgIpc) is 3.04. The average molecular weight is 286 g/mol. The van der Waals surface area contributed by atoms with Gasteiger partial charge in [-0.15, -0.1) is 16.4 Å². The molecule has 0 bridgehead atoms. The Bertz CT molecular complexity index is 746. The van der Waals surface area contributed by atoms with E-state index in [1.807, 2.05) is 36.6 Å². The molecule has 0 aliphatic carbocycles. The molecular formula is C14H14N4OS. The number of aromatic nitrogens is 3. The van der Waals surface area contributed by atoms with Gasteiger partial charge in [-0.25, -0.2) is 4.68 Å². The van der Waals surface area contributed by atoms with Crippen molar-refractivity contribution in [1.29, 1.82) is 0 Å². The lowest BCUT2D eigenvalue weighted by Gasteiger charge is -2.05. The molecule has 1 amide bonds. The highest BCUT2D eigenvalue weighted by molar-refractivity contribution is 7.10. The fourth-order valence-corrected chi connectivity index (χ4v) is 2.84. The molecule has 5 nitrogen and oxygen atoms in total. The van der Waals surface area contributed by atoms with E-state index in [-0.39, 0.29) is 12.5 Å². The zero-order valence-corrected chi connectivity index (χ0v) is 11.9. The summed E-state index contributed by atoms with van der Waals surface area (Å²) in [5.74, 6) is -0.0616. The summed E-state index contributed by atoms with van der Waals surface area (Å²) in [5, 5.41) is 13.0. The van der Waals surface area contributed by atoms with Crippen molar-refractivity contribution in [2.75, 3.05) is 0 Å². The van der Waals surface area contributed by atoms with E-state index in [1.165, 1.54) is 10.4 Å². The number of para-hydroxylation sites is 1. The van der Waals surface area contributed by atoms with Crippen molar-refractivity contribution in [3.05, 3.63) is 46.2 Å². The predicted molar refractivity (Wildman–Crippen MR) is 78.4 cm³/mol. The fraction of sp³-hybridized carbons (Fsp3) is 0.214. The van der Waals surface area contributed by atoms with Crippen LogP contribution in [0.15, 0.2) is 35.7 Å². The van der Waals surface area contributed by atoms with Crippen LogP contribution in [0.1, 0.15) is 10.4 Å². The van der Waals surface area contributed by atoms with Crippen LogP contribution in [-0.4, -0.2) is 20.9 Å². The highest BCUT2D eigenvalue weighted by Gasteiger charge is 2.09. The van der Waals surface area contributed by atoms with Crippen molar-refractivity contribution in [2.24, 2.45) is 0 Å². The molecule has 0 spiro atoms. The van der Waals surface area contributed by atoms with E-state index in [9.17, 15) is 4.79 Å². The quantitative estimate of drug-likeness (QED) is 0.799. The molecule has 1 N–H and O–H groups in total. The molecule has 0 radical (unpaired) electrons. The molecule has 2 aromatic heterocycles. The molecule has 20 heavy (non-hydrogen) atoms. The normalized spacial score (nSPS) is 10.8. The number of rotatable bonds is 4. The van der Waals surface area contributed by atoms with Crippen LogP contribution in [0.4, 0.5) is 0 Å². The number of thiophene rings is 1. The summed E-state index contributed by atoms with van der Waals surface area (Å²) in [7, 11) is 0. The third-order valence-electron chi connectivity index (χ3n) is 3.13. The Kier molecular flexibility index (Phi) is 3.47. The summed E-state index contributed by atoms with van der Waals surface area (Å²) in [5.41, 5.74) is 2.88. The van der Waals surface area contributed by atoms with Crippen LogP contribution in [-0.2, 0) is 17.9 Å². The highest BCUT2D eigenvalue weighted by atomic mass is 32.1. The first kappa shape index (κ1) is 12.8. The Hall–Kier alpha value is -2.21. The van der Waals surface area contributed by atoms with Gasteiger partial charge in [0, 0.05) is 4.88 Å². The summed E-state index contributed by atoms with van der Waals surface area (Å²) >= 11 is 1.65. The van der Waals surface area contributed by atoms with Crippen molar-refractivity contribution in [3.63, 3.8) is 0 Å². The first-order chi connectivity index (χ1) is 9.74. The zero-order valence-electron chi connectivity index (χ0n) is 11.0. The summed E-state index contributed by atoms with van der Waals surface area (Å²) in [6, 6.07) is 9.66. The van der Waals surface area contributed by atoms with Gasteiger partial charge in [0.15, 0.2) is 0 Å². The molecule has 1 aromatic carbocycles. The maximum absolute atomic E-state index is 12.0. The van der Waals surface area contributed by atoms with Gasteiger partial charge in [0.2, 0.25) is 5.91 Å². The zero-order chi connectivity index (χ0) is 13.9. The second-order valence-corrected chi connectivity index (χ2v) is 5.54. The molecule has 0 unspecified atom stereocenters. The number of carbonyl (C=O) groups excluding carboxylic acids is 1. The monoisotopic (exact) mass is 286 g/mol. The molecular weight excluding hydrogens is 272 g/mol. The second kappa shape index (κ2) is 5.42. The minimum absolute atomic E-state index is 0.0616. The molecule has 0 saturated carbocycles. The van der Waals surface area contributed by atoms with Gasteiger partial charge in [-0.1, -0.05) is 17.3 Å². The van der Waals surface area contributed by atoms with E-state index >= 15 is 0 Å². The summed E-state index contributed by atoms with van der Waals surface area (Å²) in [4.78, 5) is 13.1. The number of hydrogen-bond donors (Lipinski definition) is 1. The van der Waals surface area contributed by atoms with Crippen LogP contribution in [0.3, 0.4) is 0 Å². The predicted octanol–water partition coefficient (Wildman–Crippen LogP) is 2.12. The Balaban J connectivity index is 1.66. The first-order valence-electron chi connectivity index (χ1n) is 6.32. The molecule has 2 heterocycles. The Morgan fingerprint density at radius 1 is 1.35 bits per heavy atom. The maximum atomic E-state index is 12.0. The molecule has 0 aliphatic rings. The van der Waals surface area contributed by atoms with Crippen LogP contribution in [0.5, 0.6) is 0 Å². The Labute approximate surface area is 120 Å². The van der Waals surface area contributed by atoms with Crippen LogP contribution in [0.25, 0.3) is 11.0 Å². The van der Waals surface area contributed by atoms with E-state index in [1.54, 1.807) is 16.0 Å². The van der Waals surface area contributed by atoms with Gasteiger partial charge in [-0.05, 0) is 36.1 Å². The Morgan fingerprint density at radius 2 is 2.20 bits per heavy atom. The number of carbonyl (C=O) groups is 1. The van der Waals surface area contributed by atoms with Crippen LogP contribution in [0.2, 0.25) is 0 Å². The van der Waals surface area contributed by atoms with E-state index < -0.39 is 0 Å². The summed E-state index contributed by atoms with van der Waals surface area (Å²) in [6.07, 6.45) is 0. The number of benzene rings is 1. The number of nitrogens with one attached hydrogen (secondary N) is 1. The lowest BCUT2D eigenvalue weighted by molar-refractivity contribution is -0.121. The lowest BCUT2D eigenvalue weighted by Crippen LogP contribution is -2.27. The van der Waals surface area contributed by atoms with Crippen molar-refractivity contribution in [2.45, 2.75) is 20.0 Å². The van der Waals surface area contributed by atoms with E-state index in [0.717, 1.165) is 11.0 Å². The van der Waals surface area contributed by atoms with E-state index in [2.05, 4.69) is 21.7 Å². The van der Waals surface area contributed by atoms with Gasteiger partial charge >= 0.3 is 0 Å². The highest BCUT2D eigenvalue weighted by Crippen LogP contribution is 2.15. The molecule has 6 heteroatoms. The molecule has 3 aromatic rings. The minimum Gasteiger partial charge on any atom is -0.350 e. The van der Waals surface area contributed by atoms with Gasteiger partial charge in [-0.2, -0.15) is 0 Å². The fourth-order valence-electron chi connectivity index (χ4n) is 1.99. The Morgan fingerprint density at radius 3 is 3.00 bits per heavy atom. The van der Waals surface area contributed by atoms with Gasteiger partial charge in [0.05, 0.1) is 12.1 Å². The molecule has 0 fully saturated rings. The van der Waals surface area contributed by atoms with Crippen LogP contribution in [0, 0.1) is 6.92 Å². The van der Waals surface area contributed by atoms with Crippen LogP contribution < -0.4 is 5.32 Å². The SMILES string of the molecule is Cc1ccsc1CNC(=O)Cn1nnc2ccccc21. The van der Waals surface area contributed by atoms with E-state index in [4.69, 9.17) is 0 Å². The van der Waals surface area contributed by atoms with Crippen molar-refractivity contribution < 1.29 is 4.79 Å². The third kappa shape index (κ3) is 2.55. The first-order valence-corrected chi connectivity index (χ1v) is 7.20. The number of nitrogens with zero attached hydrogens (tertiary/aromatic N) is 3. The lowest BCUT2D eigenvalue weighted by atomic mass is 10.3. The standard InChI is InChI=1S/C14H14N4OS/c1-10-6-7-20-13(10)8-15-14(19)9-18-12-5-3-2-4-11(12)16-17-18/h2-7H,8-9H2,1H3,(H,15,19). The smallest absolute Gasteiger partial charge is 0.242 e. The van der Waals surface area contributed by atoms with Crippen molar-refractivity contribution in [3.8, 4) is 0 Å². The van der Waals surface area contributed by atoms with Crippen molar-refractivity contribution in [1.82, 2.24) is 20.3 Å².